The zero-order valence-corrected chi connectivity index (χ0v) is 16.7. The summed E-state index contributed by atoms with van der Waals surface area (Å²) in [4.78, 5) is 0. The quantitative estimate of drug-likeness (QED) is 0.388. The van der Waals surface area contributed by atoms with Crippen LogP contribution in [0.1, 0.15) is 0 Å². The molecule has 0 heterocycles. The van der Waals surface area contributed by atoms with Gasteiger partial charge in [-0.05, 0) is 5.66 Å². The van der Waals surface area contributed by atoms with E-state index in [1.807, 2.05) is 116 Å². The number of rotatable bonds is 2. The first-order chi connectivity index (χ1) is 12.8. The molecule has 2 aliphatic carbocycles. The summed E-state index contributed by atoms with van der Waals surface area (Å²) < 4.78 is 13.5. The summed E-state index contributed by atoms with van der Waals surface area (Å²) in [7, 11) is -2.93. The molecule has 1 nitrogen and oxygen atoms in total. The standard InChI is InChI=1S/C19H14OP.C5H5.Fe/c20-21(18-11-3-1-4-12-18,19-13-5-2-6-14-19)16-15-17-9-7-8-10-17;1-2-4-5-3-1;/h1-14H;1-5H;. The van der Waals surface area contributed by atoms with Gasteiger partial charge in [-0.25, -0.2) is 0 Å². The van der Waals surface area contributed by atoms with Crippen LogP contribution in [0.25, 0.3) is 0 Å². The third-order valence-electron chi connectivity index (χ3n) is 3.82. The zero-order valence-electron chi connectivity index (χ0n) is 14.7. The fourth-order valence-corrected chi connectivity index (χ4v) is 4.50. The first kappa shape index (κ1) is 21.0. The Morgan fingerprint density at radius 2 is 1.22 bits per heavy atom. The largest absolute Gasteiger partial charge is 0.300 e. The summed E-state index contributed by atoms with van der Waals surface area (Å²) in [5.41, 5.74) is 3.93. The fraction of sp³-hybridized carbons (Fsp3) is 0. The van der Waals surface area contributed by atoms with E-state index in [1.54, 1.807) is 0 Å². The van der Waals surface area contributed by atoms with Gasteiger partial charge in [-0.15, -0.1) is 0 Å². The first-order valence-electron chi connectivity index (χ1n) is 8.42. The molecule has 0 aromatic heterocycles. The summed E-state index contributed by atoms with van der Waals surface area (Å²) in [5.74, 6) is 3.05. The Balaban J connectivity index is 0.000000379. The van der Waals surface area contributed by atoms with Gasteiger partial charge in [0.15, 0.2) is 0 Å². The van der Waals surface area contributed by atoms with Crippen molar-refractivity contribution in [1.82, 2.24) is 0 Å². The molecule has 0 saturated carbocycles. The van der Waals surface area contributed by atoms with E-state index in [0.29, 0.717) is 0 Å². The van der Waals surface area contributed by atoms with Crippen LogP contribution in [0.3, 0.4) is 0 Å². The molecule has 2 aromatic carbocycles. The molecule has 134 valence electrons. The van der Waals surface area contributed by atoms with Crippen molar-refractivity contribution in [2.75, 3.05) is 0 Å². The normalized spacial score (nSPS) is 13.7. The van der Waals surface area contributed by atoms with Gasteiger partial charge in [0, 0.05) is 46.1 Å². The Morgan fingerprint density at radius 3 is 1.63 bits per heavy atom. The summed E-state index contributed by atoms with van der Waals surface area (Å²) in [6.07, 6.45) is 17.7. The van der Waals surface area contributed by atoms with E-state index in [1.165, 1.54) is 0 Å². The van der Waals surface area contributed by atoms with Crippen molar-refractivity contribution >= 4 is 17.8 Å². The molecule has 0 bridgehead atoms. The number of hydrogen-bond donors (Lipinski definition) is 0. The van der Waals surface area contributed by atoms with Gasteiger partial charge in [0.2, 0.25) is 7.14 Å². The van der Waals surface area contributed by atoms with Gasteiger partial charge in [0.25, 0.3) is 0 Å². The van der Waals surface area contributed by atoms with Crippen LogP contribution in [-0.2, 0) is 21.6 Å². The van der Waals surface area contributed by atoms with Crippen molar-refractivity contribution in [3.8, 4) is 11.6 Å². The minimum atomic E-state index is -2.93. The van der Waals surface area contributed by atoms with Crippen molar-refractivity contribution in [2.24, 2.45) is 0 Å². The average Bonchev–Trinajstić information content (AvgIpc) is 3.44. The molecule has 4 rings (SSSR count). The topological polar surface area (TPSA) is 17.1 Å². The maximum Gasteiger partial charge on any atom is 0.211 e. The molecule has 0 unspecified atom stereocenters. The molecule has 2 aromatic rings. The summed E-state index contributed by atoms with van der Waals surface area (Å²) in [6.45, 7) is 0. The second kappa shape index (κ2) is 10.8. The molecule has 2 aliphatic rings. The molecule has 3 heteroatoms. The van der Waals surface area contributed by atoms with Crippen LogP contribution in [-0.4, -0.2) is 0 Å². The third-order valence-corrected chi connectivity index (χ3v) is 6.29. The Kier molecular flexibility index (Phi) is 8.38. The third kappa shape index (κ3) is 5.85. The Morgan fingerprint density at radius 1 is 0.667 bits per heavy atom. The van der Waals surface area contributed by atoms with Crippen molar-refractivity contribution in [3.63, 3.8) is 0 Å². The van der Waals surface area contributed by atoms with Crippen molar-refractivity contribution in [2.45, 2.75) is 0 Å². The van der Waals surface area contributed by atoms with E-state index >= 15 is 0 Å². The number of hydrogen-bond acceptors (Lipinski definition) is 1. The minimum absolute atomic E-state index is 0. The molecule has 27 heavy (non-hydrogen) atoms. The van der Waals surface area contributed by atoms with E-state index in [0.717, 1.165) is 16.2 Å². The maximum absolute atomic E-state index is 13.5. The van der Waals surface area contributed by atoms with Crippen LogP contribution in [0.15, 0.2) is 109 Å². The summed E-state index contributed by atoms with van der Waals surface area (Å²) >= 11 is 0. The second-order valence-electron chi connectivity index (χ2n) is 5.65. The van der Waals surface area contributed by atoms with Crippen LogP contribution in [0, 0.1) is 24.4 Å². The number of benzene rings is 2. The predicted octanol–water partition coefficient (Wildman–Crippen LogP) is 4.98. The van der Waals surface area contributed by atoms with Gasteiger partial charge in [-0.3, -0.25) is 4.57 Å². The maximum atomic E-state index is 13.5. The smallest absolute Gasteiger partial charge is 0.211 e. The molecular weight excluding hydrogens is 391 g/mol. The molecule has 0 amide bonds. The van der Waals surface area contributed by atoms with Gasteiger partial charge in [-0.1, -0.05) is 109 Å². The predicted molar refractivity (Wildman–Crippen MR) is 112 cm³/mol. The van der Waals surface area contributed by atoms with Crippen molar-refractivity contribution < 1.29 is 21.6 Å². The summed E-state index contributed by atoms with van der Waals surface area (Å²) in [6, 6.07) is 19.0. The minimum Gasteiger partial charge on any atom is -0.300 e. The molecule has 0 spiro atoms. The van der Waals surface area contributed by atoms with E-state index in [4.69, 9.17) is 0 Å². The van der Waals surface area contributed by atoms with Crippen molar-refractivity contribution in [3.05, 3.63) is 122 Å². The molecular formula is C24H19FeOP. The van der Waals surface area contributed by atoms with Gasteiger partial charge < -0.3 is 0 Å². The molecule has 0 N–H and O–H groups in total. The molecule has 0 atom stereocenters. The number of allylic oxidation sites excluding steroid dienone is 8. The Hall–Kier alpha value is -2.29. The zero-order chi connectivity index (χ0) is 18.1. The van der Waals surface area contributed by atoms with Gasteiger partial charge in [0.1, 0.15) is 0 Å². The fourth-order valence-electron chi connectivity index (χ4n) is 2.48. The van der Waals surface area contributed by atoms with Crippen LogP contribution in [0.2, 0.25) is 0 Å². The van der Waals surface area contributed by atoms with Crippen LogP contribution < -0.4 is 10.6 Å². The van der Waals surface area contributed by atoms with Crippen LogP contribution in [0.4, 0.5) is 0 Å². The van der Waals surface area contributed by atoms with Gasteiger partial charge in [-0.2, -0.15) is 0 Å². The summed E-state index contributed by atoms with van der Waals surface area (Å²) in [5, 5.41) is 1.55. The molecule has 0 fully saturated rings. The average molecular weight is 410 g/mol. The van der Waals surface area contributed by atoms with Gasteiger partial charge in [0.05, 0.1) is 0 Å². The van der Waals surface area contributed by atoms with Crippen LogP contribution in [0.5, 0.6) is 0 Å². The second-order valence-corrected chi connectivity index (χ2v) is 8.13. The van der Waals surface area contributed by atoms with E-state index in [-0.39, 0.29) is 17.1 Å². The SMILES string of the molecule is O=P(C#CC1=C[CH]C=C1)(c1ccccc1)c1ccccc1.[CH]1C=CC=C1.[Fe]. The van der Waals surface area contributed by atoms with Gasteiger partial charge >= 0.3 is 0 Å². The van der Waals surface area contributed by atoms with Crippen molar-refractivity contribution in [1.29, 1.82) is 0 Å². The monoisotopic (exact) mass is 410 g/mol. The molecule has 0 saturated heterocycles. The van der Waals surface area contributed by atoms with Crippen LogP contribution >= 0.6 is 7.14 Å². The first-order valence-corrected chi connectivity index (χ1v) is 10.1. The Bertz CT molecular complexity index is 904. The van der Waals surface area contributed by atoms with E-state index in [9.17, 15) is 4.57 Å². The molecule has 2 radical (unpaired) electrons. The Labute approximate surface area is 172 Å². The van der Waals surface area contributed by atoms with E-state index < -0.39 is 7.14 Å². The molecule has 0 aliphatic heterocycles. The van der Waals surface area contributed by atoms with E-state index in [2.05, 4.69) is 11.6 Å².